The van der Waals surface area contributed by atoms with Crippen molar-refractivity contribution in [3.63, 3.8) is 0 Å². The number of nitrogens with one attached hydrogen (secondary N) is 1. The molecule has 0 radical (unpaired) electrons. The van der Waals surface area contributed by atoms with Crippen LogP contribution in [0.15, 0.2) is 24.4 Å². The molecule has 0 aliphatic heterocycles. The first kappa shape index (κ1) is 17.0. The fourth-order valence-corrected chi connectivity index (χ4v) is 2.81. The summed E-state index contributed by atoms with van der Waals surface area (Å²) in [6.45, 7) is 0. The summed E-state index contributed by atoms with van der Waals surface area (Å²) in [6, 6.07) is 5.87. The van der Waals surface area contributed by atoms with Crippen molar-refractivity contribution in [1.82, 2.24) is 25.5 Å². The predicted octanol–water partition coefficient (Wildman–Crippen LogP) is 1.58. The van der Waals surface area contributed by atoms with Gasteiger partial charge >= 0.3 is 6.01 Å². The maximum Gasteiger partial charge on any atom is 0.319 e. The highest BCUT2D eigenvalue weighted by molar-refractivity contribution is 6.07. The highest BCUT2D eigenvalue weighted by atomic mass is 16.5. The molecular weight excluding hydrogens is 348 g/mol. The topological polar surface area (TPSA) is 125 Å². The Hall–Kier alpha value is -3.49. The van der Waals surface area contributed by atoms with Crippen LogP contribution in [-0.2, 0) is 0 Å². The molecule has 1 aromatic carbocycles. The Morgan fingerprint density at radius 3 is 2.70 bits per heavy atom. The van der Waals surface area contributed by atoms with Crippen molar-refractivity contribution in [2.75, 3.05) is 20.0 Å². The summed E-state index contributed by atoms with van der Waals surface area (Å²) < 4.78 is 10.4. The molecule has 0 spiro atoms. The molecule has 138 valence electrons. The van der Waals surface area contributed by atoms with Gasteiger partial charge in [-0.25, -0.2) is 4.98 Å². The van der Waals surface area contributed by atoms with Gasteiger partial charge in [-0.15, -0.1) is 10.2 Å². The average Bonchev–Trinajstić information content (AvgIpc) is 3.51. The van der Waals surface area contributed by atoms with Gasteiger partial charge < -0.3 is 20.5 Å². The van der Waals surface area contributed by atoms with Crippen molar-refractivity contribution in [2.24, 2.45) is 0 Å². The molecule has 0 bridgehead atoms. The number of nitrogens with zero attached hydrogens (tertiary/aromatic N) is 4. The number of hydrogen-bond donors (Lipinski definition) is 2. The number of carbonyl (C=O) groups excluding carboxylic acids is 1. The summed E-state index contributed by atoms with van der Waals surface area (Å²) in [5.41, 5.74) is 8.49. The monoisotopic (exact) mass is 366 g/mol. The van der Waals surface area contributed by atoms with Crippen LogP contribution < -0.4 is 20.5 Å². The Balaban J connectivity index is 1.83. The van der Waals surface area contributed by atoms with Gasteiger partial charge in [0.25, 0.3) is 5.91 Å². The second kappa shape index (κ2) is 6.67. The molecule has 3 aromatic rings. The minimum Gasteiger partial charge on any atom is -0.480 e. The summed E-state index contributed by atoms with van der Waals surface area (Å²) in [4.78, 5) is 20.7. The first-order chi connectivity index (χ1) is 13.1. The van der Waals surface area contributed by atoms with Crippen LogP contribution in [0.4, 0.5) is 5.69 Å². The van der Waals surface area contributed by atoms with Crippen LogP contribution in [0.5, 0.6) is 11.9 Å². The predicted molar refractivity (Wildman–Crippen MR) is 98.6 cm³/mol. The molecule has 2 heterocycles. The van der Waals surface area contributed by atoms with Crippen molar-refractivity contribution >= 4 is 22.5 Å². The smallest absolute Gasteiger partial charge is 0.319 e. The summed E-state index contributed by atoms with van der Waals surface area (Å²) in [7, 11) is 2.99. The number of aromatic nitrogens is 4. The number of hydrogen-bond acceptors (Lipinski definition) is 8. The van der Waals surface area contributed by atoms with Gasteiger partial charge in [-0.05, 0) is 12.8 Å². The molecule has 0 saturated heterocycles. The average molecular weight is 366 g/mol. The molecule has 1 saturated carbocycles. The Labute approximate surface area is 154 Å². The van der Waals surface area contributed by atoms with E-state index in [1.807, 2.05) is 12.1 Å². The molecule has 0 atom stereocenters. The van der Waals surface area contributed by atoms with Crippen LogP contribution in [0.3, 0.4) is 0 Å². The van der Waals surface area contributed by atoms with E-state index in [4.69, 9.17) is 15.2 Å². The molecule has 3 N–H and O–H groups in total. The number of rotatable bonds is 5. The zero-order chi connectivity index (χ0) is 19.0. The number of carbonyl (C=O) groups is 1. The van der Waals surface area contributed by atoms with E-state index in [1.54, 1.807) is 12.3 Å². The fourth-order valence-electron chi connectivity index (χ4n) is 2.81. The van der Waals surface area contributed by atoms with Crippen molar-refractivity contribution in [3.05, 3.63) is 30.1 Å². The molecule has 1 fully saturated rings. The third-order valence-corrected chi connectivity index (χ3v) is 4.36. The maximum atomic E-state index is 12.3. The minimum absolute atomic E-state index is 0.129. The lowest BCUT2D eigenvalue weighted by Crippen LogP contribution is -2.27. The van der Waals surface area contributed by atoms with E-state index in [2.05, 4.69) is 25.5 Å². The molecule has 9 heteroatoms. The molecule has 1 aliphatic carbocycles. The zero-order valence-corrected chi connectivity index (χ0v) is 14.9. The Morgan fingerprint density at radius 1 is 1.19 bits per heavy atom. The van der Waals surface area contributed by atoms with Gasteiger partial charge in [0, 0.05) is 23.2 Å². The third kappa shape index (κ3) is 3.07. The summed E-state index contributed by atoms with van der Waals surface area (Å²) in [5.74, 6) is 0.0328. The van der Waals surface area contributed by atoms with Crippen LogP contribution in [0, 0.1) is 0 Å². The highest BCUT2D eigenvalue weighted by Crippen LogP contribution is 2.35. The largest absolute Gasteiger partial charge is 0.480 e. The molecule has 1 amide bonds. The number of methoxy groups -OCH3 is 2. The minimum atomic E-state index is -0.305. The summed E-state index contributed by atoms with van der Waals surface area (Å²) >= 11 is 0. The van der Waals surface area contributed by atoms with Crippen LogP contribution in [0.2, 0.25) is 0 Å². The number of nitrogens with two attached hydrogens (primary N) is 1. The molecule has 4 rings (SSSR count). The second-order valence-electron chi connectivity index (χ2n) is 6.19. The highest BCUT2D eigenvalue weighted by Gasteiger charge is 2.26. The van der Waals surface area contributed by atoms with Gasteiger partial charge in [0.2, 0.25) is 5.88 Å². The standard InChI is InChI=1S/C18H18N6O3/c1-26-17-12(8-20-18(22-17)27-2)10-4-3-5-11-13(19)15(24-23-14(10)11)16(25)21-9-6-7-9/h3-5,8-9H,6-7H2,1-2H3,(H2,19,23)(H,21,25). The first-order valence-corrected chi connectivity index (χ1v) is 8.43. The summed E-state index contributed by atoms with van der Waals surface area (Å²) in [5, 5.41) is 11.8. The van der Waals surface area contributed by atoms with Gasteiger partial charge in [0.15, 0.2) is 5.69 Å². The van der Waals surface area contributed by atoms with E-state index in [0.717, 1.165) is 12.8 Å². The molecule has 27 heavy (non-hydrogen) atoms. The van der Waals surface area contributed by atoms with Gasteiger partial charge in [0.1, 0.15) is 5.52 Å². The van der Waals surface area contributed by atoms with Gasteiger partial charge in [-0.1, -0.05) is 18.2 Å². The first-order valence-electron chi connectivity index (χ1n) is 8.43. The van der Waals surface area contributed by atoms with E-state index >= 15 is 0 Å². The number of nitrogen functional groups attached to an aromatic ring is 1. The van der Waals surface area contributed by atoms with E-state index < -0.39 is 0 Å². The molecule has 9 nitrogen and oxygen atoms in total. The van der Waals surface area contributed by atoms with Crippen LogP contribution in [0.1, 0.15) is 23.3 Å². The molecule has 0 unspecified atom stereocenters. The Kier molecular flexibility index (Phi) is 4.19. The summed E-state index contributed by atoms with van der Waals surface area (Å²) in [6.07, 6.45) is 3.55. The van der Waals surface area contributed by atoms with Crippen LogP contribution in [-0.4, -0.2) is 46.3 Å². The second-order valence-corrected chi connectivity index (χ2v) is 6.19. The number of ether oxygens (including phenoxy) is 2. The number of anilines is 1. The third-order valence-electron chi connectivity index (χ3n) is 4.36. The number of fused-ring (bicyclic) bond motifs is 1. The zero-order valence-electron chi connectivity index (χ0n) is 14.9. The lowest BCUT2D eigenvalue weighted by molar-refractivity contribution is 0.0946. The maximum absolute atomic E-state index is 12.3. The molecule has 2 aromatic heterocycles. The van der Waals surface area contributed by atoms with Crippen molar-refractivity contribution < 1.29 is 14.3 Å². The van der Waals surface area contributed by atoms with E-state index in [9.17, 15) is 4.79 Å². The van der Waals surface area contributed by atoms with Crippen molar-refractivity contribution in [2.45, 2.75) is 18.9 Å². The molecular formula is C18H18N6O3. The number of benzene rings is 1. The lowest BCUT2D eigenvalue weighted by Gasteiger charge is -2.12. The number of amides is 1. The van der Waals surface area contributed by atoms with E-state index in [1.165, 1.54) is 14.2 Å². The van der Waals surface area contributed by atoms with E-state index in [0.29, 0.717) is 27.9 Å². The van der Waals surface area contributed by atoms with Crippen molar-refractivity contribution in [1.29, 1.82) is 0 Å². The Bertz CT molecular complexity index is 1040. The fraction of sp³-hybridized carbons (Fsp3) is 0.278. The quantitative estimate of drug-likeness (QED) is 0.697. The van der Waals surface area contributed by atoms with Gasteiger partial charge in [-0.2, -0.15) is 4.98 Å². The van der Waals surface area contributed by atoms with Gasteiger partial charge in [0.05, 0.1) is 25.5 Å². The molecule has 1 aliphatic rings. The van der Waals surface area contributed by atoms with Crippen molar-refractivity contribution in [3.8, 4) is 23.0 Å². The SMILES string of the molecule is COc1ncc(-c2cccc3c(N)c(C(=O)NC4CC4)nnc23)c(OC)n1. The van der Waals surface area contributed by atoms with E-state index in [-0.39, 0.29) is 29.3 Å². The van der Waals surface area contributed by atoms with Gasteiger partial charge in [-0.3, -0.25) is 4.79 Å². The normalized spacial score (nSPS) is 13.4. The van der Waals surface area contributed by atoms with Crippen LogP contribution in [0.25, 0.3) is 22.0 Å². The Morgan fingerprint density at radius 2 is 2.00 bits per heavy atom. The lowest BCUT2D eigenvalue weighted by atomic mass is 10.0. The van der Waals surface area contributed by atoms with Crippen LogP contribution >= 0.6 is 0 Å².